The molecule has 5 rings (SSSR count). The second kappa shape index (κ2) is 16.8. The largest absolute Gasteiger partial charge is 0.373 e. The summed E-state index contributed by atoms with van der Waals surface area (Å²) in [5, 5.41) is 3.09. The van der Waals surface area contributed by atoms with E-state index in [1.165, 1.54) is 24.8 Å². The number of allylic oxidation sites excluding steroid dienone is 5. The molecule has 1 aliphatic carbocycles. The number of nitrogens with zero attached hydrogens (tertiary/aromatic N) is 2. The standard InChI is InChI=1S/C14H16.C12H15N3.C6H6.CH4/c1-3-7-13(8-4-1)11-12-14-9-5-2-6-10-14;1-9-6-10(8-14-7-9)11-4-3-5-15-12(11)13-2;1-2-4-6-5-3-1;/h1-9,14H,10-12H2;3-6,8-9H,7H2,1-2H3,(H,13,15);1-6H;1H4. The summed E-state index contributed by atoms with van der Waals surface area (Å²) < 4.78 is 0. The van der Waals surface area contributed by atoms with Gasteiger partial charge < -0.3 is 5.32 Å². The van der Waals surface area contributed by atoms with Gasteiger partial charge in [0.25, 0.3) is 0 Å². The van der Waals surface area contributed by atoms with Gasteiger partial charge in [0.2, 0.25) is 0 Å². The van der Waals surface area contributed by atoms with Crippen LogP contribution in [0.25, 0.3) is 5.57 Å². The molecular formula is C33H41N3. The number of aromatic nitrogens is 1. The summed E-state index contributed by atoms with van der Waals surface area (Å²) in [7, 11) is 1.88. The first-order valence-corrected chi connectivity index (χ1v) is 12.5. The molecule has 2 unspecified atom stereocenters. The van der Waals surface area contributed by atoms with Gasteiger partial charge in [-0.25, -0.2) is 4.98 Å². The highest BCUT2D eigenvalue weighted by Gasteiger charge is 2.10. The van der Waals surface area contributed by atoms with E-state index in [4.69, 9.17) is 0 Å². The van der Waals surface area contributed by atoms with E-state index in [0.717, 1.165) is 29.4 Å². The normalized spacial score (nSPS) is 17.3. The smallest absolute Gasteiger partial charge is 0.133 e. The Morgan fingerprint density at radius 3 is 2.19 bits per heavy atom. The minimum absolute atomic E-state index is 0. The van der Waals surface area contributed by atoms with Crippen LogP contribution < -0.4 is 5.32 Å². The molecule has 0 fully saturated rings. The number of aryl methyl sites for hydroxylation is 1. The van der Waals surface area contributed by atoms with Crippen LogP contribution in [0.5, 0.6) is 0 Å². The Morgan fingerprint density at radius 1 is 0.889 bits per heavy atom. The van der Waals surface area contributed by atoms with Crippen molar-refractivity contribution in [3.05, 3.63) is 127 Å². The summed E-state index contributed by atoms with van der Waals surface area (Å²) in [6.45, 7) is 3.06. The molecule has 1 aliphatic heterocycles. The van der Waals surface area contributed by atoms with Crippen molar-refractivity contribution in [2.45, 2.75) is 33.6 Å². The third-order valence-corrected chi connectivity index (χ3v) is 5.83. The molecule has 0 radical (unpaired) electrons. The van der Waals surface area contributed by atoms with Crippen molar-refractivity contribution in [2.24, 2.45) is 16.8 Å². The molecule has 36 heavy (non-hydrogen) atoms. The molecule has 2 heterocycles. The van der Waals surface area contributed by atoms with E-state index in [2.05, 4.69) is 89.0 Å². The van der Waals surface area contributed by atoms with Crippen LogP contribution in [0, 0.1) is 11.8 Å². The van der Waals surface area contributed by atoms with Crippen molar-refractivity contribution < 1.29 is 0 Å². The molecule has 0 spiro atoms. The highest BCUT2D eigenvalue weighted by atomic mass is 15.0. The molecule has 0 saturated carbocycles. The monoisotopic (exact) mass is 479 g/mol. The maximum atomic E-state index is 4.34. The van der Waals surface area contributed by atoms with Gasteiger partial charge in [-0.15, -0.1) is 0 Å². The first kappa shape index (κ1) is 28.5. The Kier molecular flexibility index (Phi) is 13.3. The zero-order valence-electron chi connectivity index (χ0n) is 20.9. The van der Waals surface area contributed by atoms with Crippen LogP contribution in [-0.4, -0.2) is 24.8 Å². The predicted molar refractivity (Wildman–Crippen MR) is 159 cm³/mol. The number of nitrogens with one attached hydrogen (secondary N) is 1. The van der Waals surface area contributed by atoms with Crippen LogP contribution in [-0.2, 0) is 6.42 Å². The van der Waals surface area contributed by atoms with Crippen molar-refractivity contribution in [2.75, 3.05) is 18.9 Å². The van der Waals surface area contributed by atoms with Gasteiger partial charge >= 0.3 is 0 Å². The van der Waals surface area contributed by atoms with E-state index < -0.39 is 0 Å². The topological polar surface area (TPSA) is 37.3 Å². The van der Waals surface area contributed by atoms with Crippen LogP contribution in [0.3, 0.4) is 0 Å². The van der Waals surface area contributed by atoms with Crippen molar-refractivity contribution in [3.8, 4) is 0 Å². The zero-order valence-corrected chi connectivity index (χ0v) is 20.9. The summed E-state index contributed by atoms with van der Waals surface area (Å²) in [4.78, 5) is 8.63. The van der Waals surface area contributed by atoms with E-state index in [1.54, 1.807) is 6.20 Å². The third-order valence-electron chi connectivity index (χ3n) is 5.83. The maximum Gasteiger partial charge on any atom is 0.133 e. The fourth-order valence-electron chi connectivity index (χ4n) is 3.94. The highest BCUT2D eigenvalue weighted by molar-refractivity contribution is 6.12. The van der Waals surface area contributed by atoms with Crippen molar-refractivity contribution in [3.63, 3.8) is 0 Å². The van der Waals surface area contributed by atoms with Crippen molar-refractivity contribution in [1.29, 1.82) is 0 Å². The lowest BCUT2D eigenvalue weighted by Crippen LogP contribution is -2.06. The number of hydrogen-bond acceptors (Lipinski definition) is 3. The van der Waals surface area contributed by atoms with Gasteiger partial charge in [-0.05, 0) is 54.4 Å². The number of benzene rings is 2. The Labute approximate surface area is 218 Å². The summed E-state index contributed by atoms with van der Waals surface area (Å²) >= 11 is 0. The Hall–Kier alpha value is -3.72. The number of rotatable bonds is 5. The molecule has 2 aromatic carbocycles. The summed E-state index contributed by atoms with van der Waals surface area (Å²) in [5.74, 6) is 2.17. The lowest BCUT2D eigenvalue weighted by Gasteiger charge is -2.14. The van der Waals surface area contributed by atoms with E-state index >= 15 is 0 Å². The predicted octanol–water partition coefficient (Wildman–Crippen LogP) is 8.30. The number of hydrogen-bond donors (Lipinski definition) is 1. The average Bonchev–Trinajstić information content (AvgIpc) is 2.95. The Bertz CT molecular complexity index is 1070. The second-order valence-corrected chi connectivity index (χ2v) is 8.73. The van der Waals surface area contributed by atoms with Crippen molar-refractivity contribution >= 4 is 17.6 Å². The van der Waals surface area contributed by atoms with Crippen LogP contribution >= 0.6 is 0 Å². The second-order valence-electron chi connectivity index (χ2n) is 8.73. The highest BCUT2D eigenvalue weighted by Crippen LogP contribution is 2.23. The molecule has 0 bridgehead atoms. The molecule has 0 amide bonds. The lowest BCUT2D eigenvalue weighted by molar-refractivity contribution is 0.594. The molecule has 3 nitrogen and oxygen atoms in total. The van der Waals surface area contributed by atoms with Gasteiger partial charge in [0.1, 0.15) is 5.82 Å². The molecule has 2 atom stereocenters. The summed E-state index contributed by atoms with van der Waals surface area (Å²) in [6, 6.07) is 26.7. The fourth-order valence-corrected chi connectivity index (χ4v) is 3.94. The molecule has 188 valence electrons. The van der Waals surface area contributed by atoms with Gasteiger partial charge in [0.05, 0.1) is 0 Å². The Morgan fingerprint density at radius 2 is 1.58 bits per heavy atom. The Balaban J connectivity index is 0.000000203. The maximum absolute atomic E-state index is 4.34. The quantitative estimate of drug-likeness (QED) is 0.399. The molecule has 1 N–H and O–H groups in total. The fraction of sp³-hybridized carbons (Fsp3) is 0.273. The van der Waals surface area contributed by atoms with Gasteiger partial charge in [0, 0.05) is 31.6 Å². The van der Waals surface area contributed by atoms with Gasteiger partial charge in [0.15, 0.2) is 0 Å². The molecule has 2 aliphatic rings. The number of pyridine rings is 1. The van der Waals surface area contributed by atoms with Gasteiger partial charge in [-0.3, -0.25) is 4.99 Å². The number of aliphatic imine (C=N–C) groups is 1. The molecular weight excluding hydrogens is 438 g/mol. The SMILES string of the molecule is C.C1=CCC(CCc2ccccc2)C=C1.CNc1ncccc1C1=CC(C)CN=C1.c1ccccc1. The van der Waals surface area contributed by atoms with E-state index in [-0.39, 0.29) is 7.43 Å². The molecule has 1 aromatic heterocycles. The average molecular weight is 480 g/mol. The van der Waals surface area contributed by atoms with Gasteiger partial charge in [-0.1, -0.05) is 111 Å². The molecule has 3 aromatic rings. The van der Waals surface area contributed by atoms with E-state index in [9.17, 15) is 0 Å². The lowest BCUT2D eigenvalue weighted by atomic mass is 9.94. The van der Waals surface area contributed by atoms with Gasteiger partial charge in [-0.2, -0.15) is 0 Å². The van der Waals surface area contributed by atoms with E-state index in [1.807, 2.05) is 55.7 Å². The summed E-state index contributed by atoms with van der Waals surface area (Å²) in [5.41, 5.74) is 3.73. The van der Waals surface area contributed by atoms with Crippen LogP contribution in [0.4, 0.5) is 5.82 Å². The molecule has 0 saturated heterocycles. The first-order chi connectivity index (χ1) is 17.3. The van der Waals surface area contributed by atoms with E-state index in [0.29, 0.717) is 5.92 Å². The van der Waals surface area contributed by atoms with Crippen LogP contribution in [0.15, 0.2) is 120 Å². The third kappa shape index (κ3) is 10.3. The van der Waals surface area contributed by atoms with Crippen LogP contribution in [0.2, 0.25) is 0 Å². The number of anilines is 1. The first-order valence-electron chi connectivity index (χ1n) is 12.5. The minimum atomic E-state index is 0. The number of dihydropyridines is 1. The minimum Gasteiger partial charge on any atom is -0.373 e. The van der Waals surface area contributed by atoms with Crippen molar-refractivity contribution in [1.82, 2.24) is 4.98 Å². The molecule has 3 heteroatoms. The zero-order chi connectivity index (χ0) is 24.6. The summed E-state index contributed by atoms with van der Waals surface area (Å²) in [6.07, 6.45) is 18.5. The van der Waals surface area contributed by atoms with Crippen LogP contribution in [0.1, 0.15) is 38.3 Å².